The minimum absolute atomic E-state index is 0.477. The van der Waals surface area contributed by atoms with Crippen molar-refractivity contribution in [1.82, 2.24) is 4.98 Å². The Kier molecular flexibility index (Phi) is 3.29. The minimum Gasteiger partial charge on any atom is -0.288 e. The fourth-order valence-corrected chi connectivity index (χ4v) is 1.14. The van der Waals surface area contributed by atoms with Gasteiger partial charge in [0.15, 0.2) is 0 Å². The molecular formula is C11H11FN2. The summed E-state index contributed by atoms with van der Waals surface area (Å²) in [5, 5.41) is 0. The van der Waals surface area contributed by atoms with Gasteiger partial charge in [0.2, 0.25) is 5.95 Å². The molecule has 0 aliphatic rings. The Morgan fingerprint density at radius 2 is 2.21 bits per heavy atom. The lowest BCUT2D eigenvalue weighted by atomic mass is 10.1. The van der Waals surface area contributed by atoms with E-state index < -0.39 is 5.95 Å². The van der Waals surface area contributed by atoms with Gasteiger partial charge in [0.1, 0.15) is 0 Å². The summed E-state index contributed by atoms with van der Waals surface area (Å²) in [6.45, 7) is 7.18. The summed E-state index contributed by atoms with van der Waals surface area (Å²) in [5.41, 5.74) is 1.89. The van der Waals surface area contributed by atoms with Crippen LogP contribution in [0.15, 0.2) is 36.4 Å². The topological polar surface area (TPSA) is 25.2 Å². The maximum Gasteiger partial charge on any atom is 0.213 e. The zero-order chi connectivity index (χ0) is 10.6. The van der Waals surface area contributed by atoms with Gasteiger partial charge in [-0.05, 0) is 24.3 Å². The number of allylic oxidation sites excluding steroid dienone is 1. The van der Waals surface area contributed by atoms with Gasteiger partial charge in [-0.2, -0.15) is 4.39 Å². The molecule has 3 heteroatoms. The van der Waals surface area contributed by atoms with Crippen LogP contribution in [0.5, 0.6) is 0 Å². The van der Waals surface area contributed by atoms with Gasteiger partial charge >= 0.3 is 0 Å². The van der Waals surface area contributed by atoms with E-state index in [-0.39, 0.29) is 0 Å². The van der Waals surface area contributed by atoms with E-state index in [0.29, 0.717) is 11.4 Å². The molecule has 0 spiro atoms. The highest BCUT2D eigenvalue weighted by molar-refractivity contribution is 6.10. The van der Waals surface area contributed by atoms with Crippen molar-refractivity contribution in [2.24, 2.45) is 4.99 Å². The van der Waals surface area contributed by atoms with Crippen molar-refractivity contribution in [3.8, 4) is 0 Å². The van der Waals surface area contributed by atoms with Crippen LogP contribution in [-0.4, -0.2) is 17.7 Å². The van der Waals surface area contributed by atoms with Crippen LogP contribution in [-0.2, 0) is 0 Å². The van der Waals surface area contributed by atoms with Crippen molar-refractivity contribution >= 4 is 11.8 Å². The second-order valence-electron chi connectivity index (χ2n) is 2.58. The molecule has 0 amide bonds. The molecule has 0 N–H and O–H groups in total. The maximum absolute atomic E-state index is 12.8. The number of halogens is 1. The van der Waals surface area contributed by atoms with E-state index in [9.17, 15) is 4.39 Å². The van der Waals surface area contributed by atoms with Gasteiger partial charge in [-0.3, -0.25) is 4.99 Å². The average Bonchev–Trinajstić information content (AvgIpc) is 2.21. The second-order valence-corrected chi connectivity index (χ2v) is 2.58. The highest BCUT2D eigenvalue weighted by Crippen LogP contribution is 2.10. The maximum atomic E-state index is 12.8. The molecule has 1 rings (SSSR count). The van der Waals surface area contributed by atoms with Crippen LogP contribution in [0.4, 0.5) is 4.39 Å². The third-order valence-electron chi connectivity index (χ3n) is 1.79. The molecular weight excluding hydrogens is 179 g/mol. The third kappa shape index (κ3) is 1.93. The number of hydrogen-bond donors (Lipinski definition) is 0. The van der Waals surface area contributed by atoms with Gasteiger partial charge in [0.05, 0.1) is 11.4 Å². The molecule has 0 saturated carbocycles. The number of pyridine rings is 1. The minimum atomic E-state index is -0.525. The SMILES string of the molecule is C=CC(=NC)c1ccc(F)nc1C=C. The number of nitrogens with zero attached hydrogens (tertiary/aromatic N) is 2. The van der Waals surface area contributed by atoms with E-state index in [0.717, 1.165) is 5.56 Å². The summed E-state index contributed by atoms with van der Waals surface area (Å²) in [6, 6.07) is 2.90. The van der Waals surface area contributed by atoms with Crippen LogP contribution in [0.2, 0.25) is 0 Å². The molecule has 0 aliphatic heterocycles. The van der Waals surface area contributed by atoms with Gasteiger partial charge in [-0.25, -0.2) is 4.98 Å². The monoisotopic (exact) mass is 190 g/mol. The standard InChI is InChI=1S/C11H11FN2/c1-4-9(13-3)8-6-7-11(12)14-10(8)5-2/h4-7H,1-2H2,3H3. The first-order chi connectivity index (χ1) is 6.72. The highest BCUT2D eigenvalue weighted by Gasteiger charge is 2.05. The van der Waals surface area contributed by atoms with Crippen LogP contribution in [0, 0.1) is 5.95 Å². The molecule has 0 aliphatic carbocycles. The van der Waals surface area contributed by atoms with E-state index in [2.05, 4.69) is 23.1 Å². The number of aliphatic imine (C=N–C) groups is 1. The van der Waals surface area contributed by atoms with Gasteiger partial charge in [0.25, 0.3) is 0 Å². The predicted octanol–water partition coefficient (Wildman–Crippen LogP) is 2.47. The Balaban J connectivity index is 3.33. The summed E-state index contributed by atoms with van der Waals surface area (Å²) in [7, 11) is 1.65. The quantitative estimate of drug-likeness (QED) is 0.531. The fraction of sp³-hybridized carbons (Fsp3) is 0.0909. The van der Waals surface area contributed by atoms with E-state index >= 15 is 0 Å². The van der Waals surface area contributed by atoms with Gasteiger partial charge in [-0.15, -0.1) is 0 Å². The zero-order valence-electron chi connectivity index (χ0n) is 8.00. The largest absolute Gasteiger partial charge is 0.288 e. The third-order valence-corrected chi connectivity index (χ3v) is 1.79. The lowest BCUT2D eigenvalue weighted by Crippen LogP contribution is -2.02. The van der Waals surface area contributed by atoms with E-state index in [1.807, 2.05) is 0 Å². The van der Waals surface area contributed by atoms with Crippen LogP contribution in [0.3, 0.4) is 0 Å². The molecule has 0 saturated heterocycles. The fourth-order valence-electron chi connectivity index (χ4n) is 1.14. The predicted molar refractivity (Wildman–Crippen MR) is 56.9 cm³/mol. The first kappa shape index (κ1) is 10.3. The zero-order valence-corrected chi connectivity index (χ0v) is 8.00. The lowest BCUT2D eigenvalue weighted by molar-refractivity contribution is 0.582. The Hall–Kier alpha value is -1.77. The van der Waals surface area contributed by atoms with Crippen molar-refractivity contribution in [1.29, 1.82) is 0 Å². The molecule has 0 unspecified atom stereocenters. The lowest BCUT2D eigenvalue weighted by Gasteiger charge is -2.04. The Bertz CT molecular complexity index is 394. The molecule has 1 heterocycles. The van der Waals surface area contributed by atoms with Gasteiger partial charge < -0.3 is 0 Å². The number of rotatable bonds is 3. The van der Waals surface area contributed by atoms with Crippen LogP contribution >= 0.6 is 0 Å². The Morgan fingerprint density at radius 3 is 2.71 bits per heavy atom. The molecule has 0 radical (unpaired) electrons. The molecule has 0 bridgehead atoms. The molecule has 0 aromatic carbocycles. The first-order valence-electron chi connectivity index (χ1n) is 4.11. The van der Waals surface area contributed by atoms with Crippen LogP contribution in [0.25, 0.3) is 6.08 Å². The molecule has 14 heavy (non-hydrogen) atoms. The number of aromatic nitrogens is 1. The highest BCUT2D eigenvalue weighted by atomic mass is 19.1. The van der Waals surface area contributed by atoms with Gasteiger partial charge in [0, 0.05) is 12.6 Å². The molecule has 0 fully saturated rings. The summed E-state index contributed by atoms with van der Waals surface area (Å²) in [6.07, 6.45) is 3.09. The van der Waals surface area contributed by atoms with Crippen molar-refractivity contribution in [3.05, 3.63) is 48.6 Å². The second kappa shape index (κ2) is 4.46. The molecule has 0 atom stereocenters. The average molecular weight is 190 g/mol. The smallest absolute Gasteiger partial charge is 0.213 e. The molecule has 72 valence electrons. The summed E-state index contributed by atoms with van der Waals surface area (Å²) in [5.74, 6) is -0.525. The Labute approximate surface area is 82.5 Å². The van der Waals surface area contributed by atoms with E-state index in [1.165, 1.54) is 12.1 Å². The van der Waals surface area contributed by atoms with E-state index in [4.69, 9.17) is 0 Å². The summed E-state index contributed by atoms with van der Waals surface area (Å²) >= 11 is 0. The summed E-state index contributed by atoms with van der Waals surface area (Å²) in [4.78, 5) is 7.70. The van der Waals surface area contributed by atoms with Crippen molar-refractivity contribution < 1.29 is 4.39 Å². The van der Waals surface area contributed by atoms with Crippen molar-refractivity contribution in [2.45, 2.75) is 0 Å². The first-order valence-corrected chi connectivity index (χ1v) is 4.11. The Morgan fingerprint density at radius 1 is 1.50 bits per heavy atom. The molecule has 1 aromatic heterocycles. The molecule has 2 nitrogen and oxygen atoms in total. The summed E-state index contributed by atoms with van der Waals surface area (Å²) < 4.78 is 12.8. The van der Waals surface area contributed by atoms with Crippen LogP contribution < -0.4 is 0 Å². The van der Waals surface area contributed by atoms with Crippen molar-refractivity contribution in [2.75, 3.05) is 7.05 Å². The van der Waals surface area contributed by atoms with E-state index in [1.54, 1.807) is 19.2 Å². The van der Waals surface area contributed by atoms with Crippen LogP contribution in [0.1, 0.15) is 11.3 Å². The van der Waals surface area contributed by atoms with Gasteiger partial charge in [-0.1, -0.05) is 13.2 Å². The van der Waals surface area contributed by atoms with Crippen molar-refractivity contribution in [3.63, 3.8) is 0 Å². The molecule has 1 aromatic rings. The normalized spacial score (nSPS) is 11.1. The number of hydrogen-bond acceptors (Lipinski definition) is 2.